The molecule has 3 aromatic rings. The number of fused-ring (bicyclic) bond motifs is 1. The fraction of sp³-hybridized carbons (Fsp3) is 0.444. The molecule has 0 spiro atoms. The third-order valence-corrected chi connectivity index (χ3v) is 8.88. The highest BCUT2D eigenvalue weighted by atomic mass is 79.9. The Hall–Kier alpha value is -3.83. The molecule has 0 aliphatic carbocycles. The Morgan fingerprint density at radius 2 is 1.89 bits per heavy atom. The number of halogens is 2. The standard InChI is InChI=1S/C36H42BrFN2O7/c1-35(2,3)47-34(42)40-15-14-23-17-31(45-22-27-10-6-7-16-44-27)32(46-26-12-13-29(37)30(38)19-26)20-28(23)36(40,4)21-33(41)39-24-9-8-11-25(18-24)43-5/h8-9,11-13,17-20,27H,6-7,10,14-16,21-22H2,1-5H3,(H,39,41)/t27?,36-/m1/s1. The number of ether oxygens (including phenoxy) is 5. The fourth-order valence-corrected chi connectivity index (χ4v) is 6.18. The van der Waals surface area contributed by atoms with Crippen LogP contribution in [-0.2, 0) is 26.2 Å². The molecular weight excluding hydrogens is 671 g/mol. The van der Waals surface area contributed by atoms with Crippen LogP contribution >= 0.6 is 15.9 Å². The molecule has 252 valence electrons. The Morgan fingerprint density at radius 3 is 2.60 bits per heavy atom. The number of carbonyl (C=O) groups excluding carboxylic acids is 2. The van der Waals surface area contributed by atoms with Crippen molar-refractivity contribution < 1.29 is 37.7 Å². The van der Waals surface area contributed by atoms with E-state index in [1.54, 1.807) is 75.2 Å². The maximum Gasteiger partial charge on any atom is 0.411 e. The molecule has 2 heterocycles. The summed E-state index contributed by atoms with van der Waals surface area (Å²) in [4.78, 5) is 29.0. The van der Waals surface area contributed by atoms with Gasteiger partial charge >= 0.3 is 6.09 Å². The van der Waals surface area contributed by atoms with Crippen LogP contribution in [0.5, 0.6) is 23.0 Å². The van der Waals surface area contributed by atoms with E-state index in [1.165, 1.54) is 6.07 Å². The van der Waals surface area contributed by atoms with Crippen LogP contribution in [-0.4, -0.2) is 55.5 Å². The molecule has 1 N–H and O–H groups in total. The molecule has 1 unspecified atom stereocenters. The molecule has 0 radical (unpaired) electrons. The Kier molecular flexibility index (Phi) is 10.7. The summed E-state index contributed by atoms with van der Waals surface area (Å²) in [5, 5.41) is 2.95. The second-order valence-electron chi connectivity index (χ2n) is 13.0. The van der Waals surface area contributed by atoms with Gasteiger partial charge in [0, 0.05) is 31.0 Å². The first kappa shape index (κ1) is 34.5. The van der Waals surface area contributed by atoms with Crippen molar-refractivity contribution in [3.63, 3.8) is 0 Å². The van der Waals surface area contributed by atoms with Gasteiger partial charge in [-0.15, -0.1) is 0 Å². The third-order valence-electron chi connectivity index (χ3n) is 8.24. The maximum absolute atomic E-state index is 14.5. The molecule has 0 bridgehead atoms. The minimum absolute atomic E-state index is 0.0500. The highest BCUT2D eigenvalue weighted by molar-refractivity contribution is 9.10. The third kappa shape index (κ3) is 8.56. The van der Waals surface area contributed by atoms with Crippen LogP contribution in [0, 0.1) is 5.82 Å². The summed E-state index contributed by atoms with van der Waals surface area (Å²) in [6.45, 7) is 8.59. The van der Waals surface area contributed by atoms with Crippen LogP contribution < -0.4 is 19.5 Å². The zero-order valence-corrected chi connectivity index (χ0v) is 29.1. The summed E-state index contributed by atoms with van der Waals surface area (Å²) < 4.78 is 44.4. The normalized spacial score (nSPS) is 19.4. The van der Waals surface area contributed by atoms with E-state index in [-0.39, 0.29) is 24.2 Å². The molecule has 1 fully saturated rings. The van der Waals surface area contributed by atoms with Crippen molar-refractivity contribution in [2.75, 3.05) is 32.2 Å². The summed E-state index contributed by atoms with van der Waals surface area (Å²) in [6.07, 6.45) is 2.81. The van der Waals surface area contributed by atoms with Gasteiger partial charge in [-0.25, -0.2) is 9.18 Å². The monoisotopic (exact) mass is 712 g/mol. The van der Waals surface area contributed by atoms with Crippen molar-refractivity contribution in [1.29, 1.82) is 0 Å². The molecule has 47 heavy (non-hydrogen) atoms. The van der Waals surface area contributed by atoms with E-state index in [9.17, 15) is 14.0 Å². The van der Waals surface area contributed by atoms with Crippen molar-refractivity contribution >= 4 is 33.6 Å². The summed E-state index contributed by atoms with van der Waals surface area (Å²) in [7, 11) is 1.56. The van der Waals surface area contributed by atoms with Gasteiger partial charge in [-0.3, -0.25) is 9.69 Å². The molecule has 2 aliphatic heterocycles. The van der Waals surface area contributed by atoms with Gasteiger partial charge in [0.25, 0.3) is 0 Å². The van der Waals surface area contributed by atoms with Crippen molar-refractivity contribution in [3.8, 4) is 23.0 Å². The molecule has 0 aromatic heterocycles. The molecule has 2 atom stereocenters. The fourth-order valence-electron chi connectivity index (χ4n) is 5.94. The van der Waals surface area contributed by atoms with Crippen molar-refractivity contribution in [2.45, 2.75) is 77.0 Å². The number of rotatable bonds is 9. The number of benzene rings is 3. The lowest BCUT2D eigenvalue weighted by atomic mass is 9.79. The zero-order chi connectivity index (χ0) is 33.8. The van der Waals surface area contributed by atoms with E-state index in [1.807, 2.05) is 13.0 Å². The number of carbonyl (C=O) groups is 2. The molecule has 5 rings (SSSR count). The SMILES string of the molecule is COc1cccc(NC(=O)C[C@]2(C)c3cc(Oc4ccc(Br)c(F)c4)c(OCC4CCCCO4)cc3CCN2C(=O)OC(C)(C)C)c1. The summed E-state index contributed by atoms with van der Waals surface area (Å²) in [5.41, 5.74) is 0.264. The number of nitrogens with one attached hydrogen (secondary N) is 1. The first-order chi connectivity index (χ1) is 22.3. The lowest BCUT2D eigenvalue weighted by Gasteiger charge is -2.46. The van der Waals surface area contributed by atoms with Crippen molar-refractivity contribution in [3.05, 3.63) is 76.0 Å². The van der Waals surface area contributed by atoms with Crippen molar-refractivity contribution in [1.82, 2.24) is 4.90 Å². The van der Waals surface area contributed by atoms with Gasteiger partial charge in [0.05, 0.1) is 29.6 Å². The number of nitrogens with zero attached hydrogens (tertiary/aromatic N) is 1. The molecular formula is C36H42BrFN2O7. The Balaban J connectivity index is 1.54. The average molecular weight is 714 g/mol. The number of hydrogen-bond donors (Lipinski definition) is 1. The highest BCUT2D eigenvalue weighted by Crippen LogP contribution is 2.45. The smallest absolute Gasteiger partial charge is 0.411 e. The topological polar surface area (TPSA) is 95.6 Å². The molecule has 2 amide bonds. The molecule has 9 nitrogen and oxygen atoms in total. The summed E-state index contributed by atoms with van der Waals surface area (Å²) in [5.74, 6) is 0.872. The average Bonchev–Trinajstić information content (AvgIpc) is 3.01. The van der Waals surface area contributed by atoms with Gasteiger partial charge < -0.3 is 29.0 Å². The lowest BCUT2D eigenvalue weighted by molar-refractivity contribution is -0.119. The second-order valence-corrected chi connectivity index (χ2v) is 13.9. The molecule has 11 heteroatoms. The molecule has 1 saturated heterocycles. The van der Waals surface area contributed by atoms with Gasteiger partial charge in [-0.1, -0.05) is 6.07 Å². The Labute approximate surface area is 283 Å². The predicted octanol–water partition coefficient (Wildman–Crippen LogP) is 8.37. The van der Waals surface area contributed by atoms with Crippen LogP contribution in [0.2, 0.25) is 0 Å². The van der Waals surface area contributed by atoms with Crippen LogP contribution in [0.1, 0.15) is 64.5 Å². The number of amides is 2. The maximum atomic E-state index is 14.5. The first-order valence-electron chi connectivity index (χ1n) is 15.8. The number of methoxy groups -OCH3 is 1. The van der Waals surface area contributed by atoms with Gasteiger partial charge in [0.1, 0.15) is 29.5 Å². The predicted molar refractivity (Wildman–Crippen MR) is 180 cm³/mol. The van der Waals surface area contributed by atoms with E-state index in [4.69, 9.17) is 23.7 Å². The minimum atomic E-state index is -1.15. The number of anilines is 1. The van der Waals surface area contributed by atoms with Gasteiger partial charge in [0.15, 0.2) is 11.5 Å². The number of hydrogen-bond acceptors (Lipinski definition) is 7. The van der Waals surface area contributed by atoms with Crippen LogP contribution in [0.25, 0.3) is 0 Å². The molecule has 2 aliphatic rings. The first-order valence-corrected chi connectivity index (χ1v) is 16.6. The lowest BCUT2D eigenvalue weighted by Crippen LogP contribution is -2.54. The quantitative estimate of drug-likeness (QED) is 0.238. The van der Waals surface area contributed by atoms with Gasteiger partial charge in [0.2, 0.25) is 5.91 Å². The summed E-state index contributed by atoms with van der Waals surface area (Å²) >= 11 is 3.19. The largest absolute Gasteiger partial charge is 0.497 e. The van der Waals surface area contributed by atoms with E-state index < -0.39 is 23.1 Å². The zero-order valence-electron chi connectivity index (χ0n) is 27.5. The molecule has 0 saturated carbocycles. The van der Waals surface area contributed by atoms with Crippen LogP contribution in [0.15, 0.2) is 59.1 Å². The molecule has 3 aromatic carbocycles. The van der Waals surface area contributed by atoms with E-state index in [2.05, 4.69) is 21.2 Å². The van der Waals surface area contributed by atoms with E-state index in [0.29, 0.717) is 59.2 Å². The van der Waals surface area contributed by atoms with Gasteiger partial charge in [-0.05, 0) is 117 Å². The summed E-state index contributed by atoms with van der Waals surface area (Å²) in [6, 6.07) is 15.3. The Bertz CT molecular complexity index is 1600. The highest BCUT2D eigenvalue weighted by Gasteiger charge is 2.45. The van der Waals surface area contributed by atoms with Crippen molar-refractivity contribution in [2.24, 2.45) is 0 Å². The van der Waals surface area contributed by atoms with Crippen LogP contribution in [0.4, 0.5) is 14.9 Å². The second kappa shape index (κ2) is 14.5. The van der Waals surface area contributed by atoms with E-state index in [0.717, 1.165) is 24.8 Å². The Morgan fingerprint density at radius 1 is 1.09 bits per heavy atom. The minimum Gasteiger partial charge on any atom is -0.497 e. The van der Waals surface area contributed by atoms with E-state index >= 15 is 0 Å². The van der Waals surface area contributed by atoms with Gasteiger partial charge in [-0.2, -0.15) is 0 Å². The van der Waals surface area contributed by atoms with Crippen LogP contribution in [0.3, 0.4) is 0 Å².